The van der Waals surface area contributed by atoms with Crippen molar-refractivity contribution in [2.75, 3.05) is 7.11 Å². The van der Waals surface area contributed by atoms with Crippen molar-refractivity contribution < 1.29 is 9.15 Å². The third-order valence-electron chi connectivity index (χ3n) is 2.11. The summed E-state index contributed by atoms with van der Waals surface area (Å²) in [5, 5.41) is 0. The Labute approximate surface area is 82.3 Å². The van der Waals surface area contributed by atoms with Crippen LogP contribution in [0.1, 0.15) is 5.76 Å². The summed E-state index contributed by atoms with van der Waals surface area (Å²) in [7, 11) is 1.65. The highest BCUT2D eigenvalue weighted by Crippen LogP contribution is 2.23. The second-order valence-electron chi connectivity index (χ2n) is 2.99. The van der Waals surface area contributed by atoms with Gasteiger partial charge in [0.05, 0.1) is 7.11 Å². The molecule has 0 amide bonds. The van der Waals surface area contributed by atoms with Crippen molar-refractivity contribution in [1.29, 1.82) is 0 Å². The van der Waals surface area contributed by atoms with E-state index in [0.29, 0.717) is 0 Å². The van der Waals surface area contributed by atoms with Crippen LogP contribution in [0.5, 0.6) is 5.75 Å². The fraction of sp³-hybridized carbons (Fsp3) is 0.182. The summed E-state index contributed by atoms with van der Waals surface area (Å²) in [6.45, 7) is 1.90. The molecule has 0 spiro atoms. The van der Waals surface area contributed by atoms with Crippen LogP contribution in [0.15, 0.2) is 35.1 Å². The van der Waals surface area contributed by atoms with Gasteiger partial charge < -0.3 is 9.15 Å². The van der Waals surface area contributed by atoms with E-state index in [0.717, 1.165) is 22.8 Å². The first-order valence-corrected chi connectivity index (χ1v) is 4.36. The summed E-state index contributed by atoms with van der Waals surface area (Å²) in [6.07, 6.45) is 1.45. The number of aromatic nitrogens is 1. The van der Waals surface area contributed by atoms with Gasteiger partial charge in [-0.25, -0.2) is 4.98 Å². The number of nitrogens with zero attached hydrogens (tertiary/aromatic N) is 1. The van der Waals surface area contributed by atoms with E-state index in [1.54, 1.807) is 7.11 Å². The maximum Gasteiger partial charge on any atom is 0.181 e. The van der Waals surface area contributed by atoms with Gasteiger partial charge >= 0.3 is 0 Å². The molecule has 0 N–H and O–H groups in total. The number of oxazole rings is 1. The standard InChI is InChI=1S/C11H11NO2/c1-8-11(12-7-14-8)9-3-5-10(13-2)6-4-9/h3-7H,1-2H3. The minimum Gasteiger partial charge on any atom is -0.497 e. The predicted octanol–water partition coefficient (Wildman–Crippen LogP) is 2.66. The van der Waals surface area contributed by atoms with Gasteiger partial charge in [0.2, 0.25) is 0 Å². The Morgan fingerprint density at radius 1 is 1.21 bits per heavy atom. The molecule has 0 aliphatic carbocycles. The molecule has 0 fully saturated rings. The number of ether oxygens (including phenoxy) is 1. The molecule has 72 valence electrons. The molecule has 0 aliphatic rings. The van der Waals surface area contributed by atoms with Crippen molar-refractivity contribution in [3.05, 3.63) is 36.4 Å². The van der Waals surface area contributed by atoms with Crippen molar-refractivity contribution in [2.24, 2.45) is 0 Å². The Morgan fingerprint density at radius 2 is 1.93 bits per heavy atom. The van der Waals surface area contributed by atoms with Gasteiger partial charge in [-0.2, -0.15) is 0 Å². The zero-order chi connectivity index (χ0) is 9.97. The Hall–Kier alpha value is -1.77. The maximum absolute atomic E-state index is 5.13. The van der Waals surface area contributed by atoms with Crippen LogP contribution in [0.25, 0.3) is 11.3 Å². The highest BCUT2D eigenvalue weighted by molar-refractivity contribution is 5.61. The maximum atomic E-state index is 5.13. The second kappa shape index (κ2) is 3.54. The van der Waals surface area contributed by atoms with Gasteiger partial charge in [-0.1, -0.05) is 0 Å². The lowest BCUT2D eigenvalue weighted by molar-refractivity contribution is 0.415. The van der Waals surface area contributed by atoms with E-state index in [1.165, 1.54) is 6.39 Å². The van der Waals surface area contributed by atoms with Crippen LogP contribution in [0.2, 0.25) is 0 Å². The van der Waals surface area contributed by atoms with E-state index in [4.69, 9.17) is 9.15 Å². The van der Waals surface area contributed by atoms with Gasteiger partial charge in [-0.15, -0.1) is 0 Å². The molecule has 3 nitrogen and oxygen atoms in total. The molecule has 0 atom stereocenters. The van der Waals surface area contributed by atoms with Crippen LogP contribution in [-0.4, -0.2) is 12.1 Å². The Kier molecular flexibility index (Phi) is 2.23. The fourth-order valence-corrected chi connectivity index (χ4v) is 1.33. The molecule has 3 heteroatoms. The van der Waals surface area contributed by atoms with Crippen LogP contribution < -0.4 is 4.74 Å². The number of methoxy groups -OCH3 is 1. The van der Waals surface area contributed by atoms with Crippen molar-refractivity contribution in [1.82, 2.24) is 4.98 Å². The summed E-state index contributed by atoms with van der Waals surface area (Å²) in [5.41, 5.74) is 1.92. The number of benzene rings is 1. The topological polar surface area (TPSA) is 35.3 Å². The molecule has 14 heavy (non-hydrogen) atoms. The number of hydrogen-bond acceptors (Lipinski definition) is 3. The fourth-order valence-electron chi connectivity index (χ4n) is 1.33. The molecule has 1 aromatic heterocycles. The molecule has 0 aliphatic heterocycles. The van der Waals surface area contributed by atoms with Crippen LogP contribution in [0.3, 0.4) is 0 Å². The van der Waals surface area contributed by atoms with E-state index in [9.17, 15) is 0 Å². The lowest BCUT2D eigenvalue weighted by Gasteiger charge is -2.00. The van der Waals surface area contributed by atoms with E-state index in [2.05, 4.69) is 4.98 Å². The molecule has 2 rings (SSSR count). The summed E-state index contributed by atoms with van der Waals surface area (Å²) >= 11 is 0. The summed E-state index contributed by atoms with van der Waals surface area (Å²) in [5.74, 6) is 1.67. The van der Waals surface area contributed by atoms with Gasteiger partial charge in [0.1, 0.15) is 17.2 Å². The van der Waals surface area contributed by atoms with Crippen LogP contribution in [-0.2, 0) is 0 Å². The predicted molar refractivity (Wildman–Crippen MR) is 53.2 cm³/mol. The Balaban J connectivity index is 2.39. The molecule has 0 bridgehead atoms. The molecule has 1 heterocycles. The highest BCUT2D eigenvalue weighted by Gasteiger charge is 2.05. The smallest absolute Gasteiger partial charge is 0.181 e. The first-order valence-electron chi connectivity index (χ1n) is 4.36. The number of aryl methyl sites for hydroxylation is 1. The molecule has 0 radical (unpaired) electrons. The zero-order valence-electron chi connectivity index (χ0n) is 8.15. The average Bonchev–Trinajstić information content (AvgIpc) is 2.65. The second-order valence-corrected chi connectivity index (χ2v) is 2.99. The molecule has 1 aromatic carbocycles. The molecular weight excluding hydrogens is 178 g/mol. The Bertz CT molecular complexity index is 417. The third kappa shape index (κ3) is 1.48. The number of hydrogen-bond donors (Lipinski definition) is 0. The summed E-state index contributed by atoms with van der Waals surface area (Å²) < 4.78 is 10.2. The largest absolute Gasteiger partial charge is 0.497 e. The van der Waals surface area contributed by atoms with Gasteiger partial charge in [0.25, 0.3) is 0 Å². The SMILES string of the molecule is COc1ccc(-c2ncoc2C)cc1. The highest BCUT2D eigenvalue weighted by atomic mass is 16.5. The van der Waals surface area contributed by atoms with Crippen molar-refractivity contribution >= 4 is 0 Å². The Morgan fingerprint density at radius 3 is 2.43 bits per heavy atom. The molecule has 0 unspecified atom stereocenters. The van der Waals surface area contributed by atoms with Gasteiger partial charge in [-0.05, 0) is 31.2 Å². The van der Waals surface area contributed by atoms with Crippen molar-refractivity contribution in [3.8, 4) is 17.0 Å². The van der Waals surface area contributed by atoms with Gasteiger partial charge in [0.15, 0.2) is 6.39 Å². The quantitative estimate of drug-likeness (QED) is 0.728. The molecular formula is C11H11NO2. The average molecular weight is 189 g/mol. The zero-order valence-corrected chi connectivity index (χ0v) is 8.15. The molecule has 0 saturated carbocycles. The minimum absolute atomic E-state index is 0.829. The lowest BCUT2D eigenvalue weighted by atomic mass is 10.1. The summed E-state index contributed by atoms with van der Waals surface area (Å²) in [6, 6.07) is 7.74. The third-order valence-corrected chi connectivity index (χ3v) is 2.11. The van der Waals surface area contributed by atoms with Crippen LogP contribution in [0.4, 0.5) is 0 Å². The minimum atomic E-state index is 0.829. The van der Waals surface area contributed by atoms with Gasteiger partial charge in [-0.3, -0.25) is 0 Å². The van der Waals surface area contributed by atoms with Crippen molar-refractivity contribution in [2.45, 2.75) is 6.92 Å². The normalized spacial score (nSPS) is 10.1. The van der Waals surface area contributed by atoms with E-state index in [-0.39, 0.29) is 0 Å². The van der Waals surface area contributed by atoms with E-state index >= 15 is 0 Å². The molecule has 2 aromatic rings. The summed E-state index contributed by atoms with van der Waals surface area (Å²) in [4.78, 5) is 4.13. The first kappa shape index (κ1) is 8.81. The monoisotopic (exact) mass is 189 g/mol. The van der Waals surface area contributed by atoms with Crippen LogP contribution in [0, 0.1) is 6.92 Å². The van der Waals surface area contributed by atoms with Crippen molar-refractivity contribution in [3.63, 3.8) is 0 Å². The molecule has 0 saturated heterocycles. The van der Waals surface area contributed by atoms with E-state index in [1.807, 2.05) is 31.2 Å². The van der Waals surface area contributed by atoms with Gasteiger partial charge in [0, 0.05) is 5.56 Å². The first-order chi connectivity index (χ1) is 6.81. The lowest BCUT2D eigenvalue weighted by Crippen LogP contribution is -1.83. The number of rotatable bonds is 2. The van der Waals surface area contributed by atoms with E-state index < -0.39 is 0 Å². The van der Waals surface area contributed by atoms with Crippen LogP contribution >= 0.6 is 0 Å².